The van der Waals surface area contributed by atoms with E-state index >= 15 is 0 Å². The number of H-pyrrole nitrogens is 1. The van der Waals surface area contributed by atoms with Crippen LogP contribution in [0.1, 0.15) is 46.9 Å². The molecule has 4 aromatic rings. The molecule has 10 nitrogen and oxygen atoms in total. The zero-order valence-corrected chi connectivity index (χ0v) is 23.3. The highest BCUT2D eigenvalue weighted by molar-refractivity contribution is 5.91. The van der Waals surface area contributed by atoms with Gasteiger partial charge in [0.1, 0.15) is 12.0 Å². The average Bonchev–Trinajstić information content (AvgIpc) is 3.30. The number of allylic oxidation sites excluding steroid dienone is 1. The fourth-order valence-corrected chi connectivity index (χ4v) is 4.81. The fraction of sp³-hybridized carbons (Fsp3) is 0.188. The Labute approximate surface area is 240 Å². The van der Waals surface area contributed by atoms with Gasteiger partial charge in [0.2, 0.25) is 5.62 Å². The Kier molecular flexibility index (Phi) is 8.05. The topological polar surface area (TPSA) is 132 Å². The van der Waals surface area contributed by atoms with Gasteiger partial charge in [0.25, 0.3) is 5.56 Å². The van der Waals surface area contributed by atoms with Crippen molar-refractivity contribution in [2.75, 3.05) is 13.7 Å². The Morgan fingerprint density at radius 2 is 1.79 bits per heavy atom. The maximum atomic E-state index is 13.8. The van der Waals surface area contributed by atoms with Crippen LogP contribution in [0, 0.1) is 0 Å². The summed E-state index contributed by atoms with van der Waals surface area (Å²) in [4.78, 5) is 45.5. The number of aromatic amines is 1. The van der Waals surface area contributed by atoms with Crippen LogP contribution in [0.3, 0.4) is 0 Å². The Morgan fingerprint density at radius 3 is 2.45 bits per heavy atom. The molecule has 1 aromatic heterocycles. The van der Waals surface area contributed by atoms with Crippen LogP contribution >= 0.6 is 0 Å². The van der Waals surface area contributed by atoms with E-state index in [1.54, 1.807) is 50.3 Å². The quantitative estimate of drug-likeness (QED) is 0.297. The summed E-state index contributed by atoms with van der Waals surface area (Å²) in [5.74, 6) is -0.572. The number of methoxy groups -OCH3 is 1. The van der Waals surface area contributed by atoms with E-state index in [9.17, 15) is 14.4 Å². The van der Waals surface area contributed by atoms with Crippen molar-refractivity contribution in [2.45, 2.75) is 26.5 Å². The third-order valence-electron chi connectivity index (χ3n) is 6.82. The first-order chi connectivity index (χ1) is 20.3. The van der Waals surface area contributed by atoms with Crippen LogP contribution in [0.4, 0.5) is 0 Å². The van der Waals surface area contributed by atoms with Crippen molar-refractivity contribution in [3.8, 4) is 11.5 Å². The summed E-state index contributed by atoms with van der Waals surface area (Å²) in [7, 11) is 1.52. The molecule has 0 bridgehead atoms. The molecule has 0 spiro atoms. The van der Waals surface area contributed by atoms with Crippen LogP contribution in [-0.2, 0) is 16.1 Å². The molecule has 2 N–H and O–H groups in total. The van der Waals surface area contributed by atoms with Gasteiger partial charge in [-0.15, -0.1) is 0 Å². The number of imidazole rings is 1. The number of aromatic nitrogens is 2. The number of hydrogen-bond donors (Lipinski definition) is 2. The summed E-state index contributed by atoms with van der Waals surface area (Å²) in [5, 5.41) is 9.36. The normalized spacial score (nSPS) is 14.6. The third kappa shape index (κ3) is 5.60. The Morgan fingerprint density at radius 1 is 1.05 bits per heavy atom. The minimum atomic E-state index is -0.992. The van der Waals surface area contributed by atoms with Crippen molar-refractivity contribution < 1.29 is 28.9 Å². The summed E-state index contributed by atoms with van der Waals surface area (Å²) in [6, 6.07) is 20.3. The highest BCUT2D eigenvalue weighted by atomic mass is 16.5. The lowest BCUT2D eigenvalue weighted by Crippen LogP contribution is -2.40. The second kappa shape index (κ2) is 12.0. The van der Waals surface area contributed by atoms with E-state index in [4.69, 9.17) is 19.3 Å². The second-order valence-electron chi connectivity index (χ2n) is 9.53. The molecular formula is C32H29N3O7. The summed E-state index contributed by atoms with van der Waals surface area (Å²) >= 11 is 0. The first-order valence-electron chi connectivity index (χ1n) is 13.3. The van der Waals surface area contributed by atoms with Crippen molar-refractivity contribution >= 4 is 18.0 Å². The number of carboxylic acid groups (broad SMARTS) is 1. The van der Waals surface area contributed by atoms with Gasteiger partial charge in [0, 0.05) is 0 Å². The monoisotopic (exact) mass is 567 g/mol. The van der Waals surface area contributed by atoms with Crippen LogP contribution in [0.2, 0.25) is 0 Å². The largest absolute Gasteiger partial charge is 0.493 e. The van der Waals surface area contributed by atoms with Crippen LogP contribution in [0.25, 0.3) is 6.08 Å². The van der Waals surface area contributed by atoms with Crippen molar-refractivity contribution in [2.24, 2.45) is 4.99 Å². The van der Waals surface area contributed by atoms with Gasteiger partial charge < -0.3 is 24.3 Å². The Bertz CT molecular complexity index is 1850. The van der Waals surface area contributed by atoms with Gasteiger partial charge in [-0.3, -0.25) is 9.36 Å². The van der Waals surface area contributed by atoms with Crippen LogP contribution in [-0.4, -0.2) is 40.3 Å². The lowest BCUT2D eigenvalue weighted by atomic mass is 9.96. The Balaban J connectivity index is 1.49. The highest BCUT2D eigenvalue weighted by Crippen LogP contribution is 2.31. The minimum Gasteiger partial charge on any atom is -0.493 e. The first kappa shape index (κ1) is 28.2. The second-order valence-corrected chi connectivity index (χ2v) is 9.53. The molecule has 1 aliphatic rings. The number of aromatic carboxylic acids is 1. The molecule has 214 valence electrons. The predicted molar refractivity (Wildman–Crippen MR) is 154 cm³/mol. The van der Waals surface area contributed by atoms with E-state index < -0.39 is 18.0 Å². The number of ether oxygens (including phenoxy) is 3. The average molecular weight is 568 g/mol. The molecular weight excluding hydrogens is 538 g/mol. The van der Waals surface area contributed by atoms with Crippen LogP contribution < -0.4 is 26.0 Å². The third-order valence-corrected chi connectivity index (χ3v) is 6.82. The number of carboxylic acids is 1. The number of rotatable bonds is 9. The molecule has 1 unspecified atom stereocenters. The summed E-state index contributed by atoms with van der Waals surface area (Å²) in [6.45, 7) is 3.87. The van der Waals surface area contributed by atoms with Crippen LogP contribution in [0.5, 0.6) is 11.5 Å². The molecule has 10 heteroatoms. The number of esters is 1. The van der Waals surface area contributed by atoms with E-state index in [-0.39, 0.29) is 29.7 Å². The Hall–Kier alpha value is -5.38. The van der Waals surface area contributed by atoms with Gasteiger partial charge in [-0.25, -0.2) is 14.6 Å². The fourth-order valence-electron chi connectivity index (χ4n) is 4.81. The SMILES string of the molecule is CCOC(=O)C1=C(C)N=c2[nH]c(=Cc3ccc(OCc4ccc(C(=O)O)cc4)c(OC)c3)c(=O)n2C1c1ccccc1. The number of hydrogen-bond acceptors (Lipinski definition) is 7. The van der Waals surface area contributed by atoms with E-state index in [0.29, 0.717) is 34.0 Å². The molecule has 2 heterocycles. The smallest absolute Gasteiger partial charge is 0.338 e. The maximum absolute atomic E-state index is 13.8. The lowest BCUT2D eigenvalue weighted by Gasteiger charge is -2.24. The molecule has 1 atom stereocenters. The number of carbonyl (C=O) groups is 2. The van der Waals surface area contributed by atoms with Crippen LogP contribution in [0.15, 0.2) is 93.9 Å². The van der Waals surface area contributed by atoms with Gasteiger partial charge in [-0.05, 0) is 60.9 Å². The molecule has 3 aromatic carbocycles. The van der Waals surface area contributed by atoms with Crippen molar-refractivity contribution in [1.29, 1.82) is 0 Å². The highest BCUT2D eigenvalue weighted by Gasteiger charge is 2.33. The number of nitrogens with one attached hydrogen (secondary N) is 1. The van der Waals surface area contributed by atoms with Crippen molar-refractivity contribution in [3.63, 3.8) is 0 Å². The maximum Gasteiger partial charge on any atom is 0.338 e. The zero-order valence-electron chi connectivity index (χ0n) is 23.3. The van der Waals surface area contributed by atoms with Crippen molar-refractivity contribution in [1.82, 2.24) is 9.55 Å². The number of fused-ring (bicyclic) bond motifs is 1. The van der Waals surface area contributed by atoms with Gasteiger partial charge in [0.15, 0.2) is 11.5 Å². The number of nitrogens with zero attached hydrogens (tertiary/aromatic N) is 2. The summed E-state index contributed by atoms with van der Waals surface area (Å²) < 4.78 is 18.2. The number of benzene rings is 3. The van der Waals surface area contributed by atoms with E-state index in [2.05, 4.69) is 9.98 Å². The van der Waals surface area contributed by atoms with Gasteiger partial charge in [0.05, 0.1) is 36.6 Å². The van der Waals surface area contributed by atoms with Crippen molar-refractivity contribution in [3.05, 3.63) is 128 Å². The first-order valence-corrected chi connectivity index (χ1v) is 13.3. The molecule has 0 saturated carbocycles. The molecule has 0 radical (unpaired) electrons. The van der Waals surface area contributed by atoms with Gasteiger partial charge in [-0.1, -0.05) is 48.5 Å². The molecule has 0 fully saturated rings. The molecule has 5 rings (SSSR count). The zero-order chi connectivity index (χ0) is 29.8. The molecule has 0 amide bonds. The van der Waals surface area contributed by atoms with Gasteiger partial charge in [-0.2, -0.15) is 0 Å². The van der Waals surface area contributed by atoms with E-state index in [0.717, 1.165) is 11.1 Å². The minimum absolute atomic E-state index is 0.198. The summed E-state index contributed by atoms with van der Waals surface area (Å²) in [6.07, 6.45) is 1.68. The predicted octanol–water partition coefficient (Wildman–Crippen LogP) is 3.35. The molecule has 42 heavy (non-hydrogen) atoms. The number of carbonyl (C=O) groups excluding carboxylic acids is 1. The lowest BCUT2D eigenvalue weighted by molar-refractivity contribution is -0.139. The summed E-state index contributed by atoms with van der Waals surface area (Å²) in [5.41, 5.74) is 3.18. The standard InChI is InChI=1S/C32H29N3O7/c1-4-41-31(39)27-19(2)33-32-34-24(29(36)35(32)28(27)22-8-6-5-7-9-22)16-21-12-15-25(26(17-21)40-3)42-18-20-10-13-23(14-11-20)30(37)38/h5-17,28H,4,18H2,1-3H3,(H,33,34)(H,37,38). The van der Waals surface area contributed by atoms with Gasteiger partial charge >= 0.3 is 11.9 Å². The van der Waals surface area contributed by atoms with E-state index in [1.165, 1.54) is 23.8 Å². The van der Waals surface area contributed by atoms with E-state index in [1.807, 2.05) is 30.3 Å². The molecule has 0 saturated heterocycles. The molecule has 1 aliphatic heterocycles. The molecule has 0 aliphatic carbocycles.